The molecule has 2 N–H and O–H groups in total. The molecule has 3 unspecified atom stereocenters. The van der Waals surface area contributed by atoms with Crippen molar-refractivity contribution in [1.29, 1.82) is 0 Å². The van der Waals surface area contributed by atoms with Crippen LogP contribution in [0.3, 0.4) is 0 Å². The fourth-order valence-corrected chi connectivity index (χ4v) is 2.42. The Labute approximate surface area is 189 Å². The fourth-order valence-electron chi connectivity index (χ4n) is 2.06. The number of piperidine rings is 1. The molecule has 1 heterocycles. The summed E-state index contributed by atoms with van der Waals surface area (Å²) in [6, 6.07) is 0. The van der Waals surface area contributed by atoms with Crippen molar-refractivity contribution in [3.8, 4) is 0 Å². The van der Waals surface area contributed by atoms with E-state index in [-0.39, 0.29) is 106 Å². The number of nitrogens with zero attached hydrogens (tertiary/aromatic N) is 1. The van der Waals surface area contributed by atoms with E-state index in [1.807, 2.05) is 17.2 Å². The van der Waals surface area contributed by atoms with E-state index in [1.54, 1.807) is 0 Å². The summed E-state index contributed by atoms with van der Waals surface area (Å²) in [6.07, 6.45) is 3.74. The molecule has 94 valence electrons. The summed E-state index contributed by atoms with van der Waals surface area (Å²) >= 11 is 2.18. The second-order valence-electron chi connectivity index (χ2n) is 4.29. The number of halogens is 1. The zero-order valence-corrected chi connectivity index (χ0v) is 21.9. The molecule has 3 nitrogen and oxygen atoms in total. The van der Waals surface area contributed by atoms with E-state index in [2.05, 4.69) is 27.5 Å². The predicted molar refractivity (Wildman–Crippen MR) is 70.0 cm³/mol. The van der Waals surface area contributed by atoms with Gasteiger partial charge in [0.05, 0.1) is 12.2 Å². The van der Waals surface area contributed by atoms with Gasteiger partial charge in [-0.3, -0.25) is 0 Å². The average Bonchev–Trinajstić information content (AvgIpc) is 2.22. The van der Waals surface area contributed by atoms with Gasteiger partial charge in [-0.1, -0.05) is 28.7 Å². The number of hydrogen-bond donors (Lipinski definition) is 2. The zero-order valence-electron chi connectivity index (χ0n) is 10.3. The van der Waals surface area contributed by atoms with Crippen LogP contribution in [-0.4, -0.2) is 47.5 Å². The summed E-state index contributed by atoms with van der Waals surface area (Å²) in [7, 11) is 2.04. The molecule has 0 aromatic carbocycles. The summed E-state index contributed by atoms with van der Waals surface area (Å²) in [5, 5.41) is 19.8. The predicted octanol–water partition coefficient (Wildman–Crippen LogP) is 1.39. The van der Waals surface area contributed by atoms with Crippen LogP contribution in [0.2, 0.25) is 0 Å². The third-order valence-corrected chi connectivity index (χ3v) is 3.54. The molecule has 1 saturated heterocycles. The van der Waals surface area contributed by atoms with E-state index in [1.165, 1.54) is 0 Å². The Hall–Kier alpha value is 3.23. The van der Waals surface area contributed by atoms with E-state index in [0.717, 1.165) is 32.4 Å². The molecule has 0 spiro atoms. The standard InChI is InChI=1S/C11H20INO2.2Ac/c1-13-7-5-11(15)9(8-13)10(14)4-2-3-6-12;;/h3,6,9-11,14-15H,2,4-5,7-8H2,1H3;;/b6-3+;;/i12-4;;. The van der Waals surface area contributed by atoms with Gasteiger partial charge in [0.15, 0.2) is 0 Å². The normalized spacial score (nSPS) is 27.3. The topological polar surface area (TPSA) is 43.7 Å². The zero-order chi connectivity index (χ0) is 11.3. The molecule has 0 bridgehead atoms. The van der Waals surface area contributed by atoms with Crippen molar-refractivity contribution < 1.29 is 98.3 Å². The molecule has 0 aromatic rings. The van der Waals surface area contributed by atoms with Crippen LogP contribution >= 0.6 is 22.6 Å². The Balaban J connectivity index is 0. The number of aliphatic hydroxyl groups is 2. The quantitative estimate of drug-likeness (QED) is 0.425. The number of likely N-dealkylation sites (tertiary alicyclic amines) is 1. The van der Waals surface area contributed by atoms with Crippen molar-refractivity contribution in [2.24, 2.45) is 5.92 Å². The molecule has 2 radical (unpaired) electrons. The van der Waals surface area contributed by atoms with Gasteiger partial charge in [0, 0.05) is 107 Å². The van der Waals surface area contributed by atoms with Gasteiger partial charge in [-0.2, -0.15) is 0 Å². The first kappa shape index (κ1) is 22.5. The number of hydrogen-bond acceptors (Lipinski definition) is 3. The molecule has 1 rings (SSSR count). The molecule has 0 amide bonds. The Kier molecular flexibility index (Phi) is 17.1. The van der Waals surface area contributed by atoms with Crippen molar-refractivity contribution in [1.82, 2.24) is 4.90 Å². The molecule has 0 aromatic heterocycles. The molecule has 17 heavy (non-hydrogen) atoms. The van der Waals surface area contributed by atoms with Crippen LogP contribution in [0, 0.1) is 94.0 Å². The monoisotopic (exact) mass is 775 g/mol. The van der Waals surface area contributed by atoms with Gasteiger partial charge in [-0.05, 0) is 30.4 Å². The molecule has 6 heteroatoms. The molecule has 1 aliphatic rings. The van der Waals surface area contributed by atoms with Crippen LogP contribution in [-0.2, 0) is 0 Å². The molecule has 0 saturated carbocycles. The summed E-state index contributed by atoms with van der Waals surface area (Å²) in [4.78, 5) is 2.18. The van der Waals surface area contributed by atoms with Crippen molar-refractivity contribution in [2.75, 3.05) is 20.1 Å². The summed E-state index contributed by atoms with van der Waals surface area (Å²) in [5.74, 6) is 0.0198. The van der Waals surface area contributed by atoms with Gasteiger partial charge in [0.25, 0.3) is 0 Å². The molecule has 3 atom stereocenters. The first-order chi connectivity index (χ1) is 7.15. The van der Waals surface area contributed by atoms with Crippen molar-refractivity contribution in [3.05, 3.63) is 10.2 Å². The number of aliphatic hydroxyl groups excluding tert-OH is 2. The smallest absolute Gasteiger partial charge is 0.0617 e. The number of rotatable bonds is 4. The van der Waals surface area contributed by atoms with Crippen molar-refractivity contribution in [3.63, 3.8) is 0 Å². The minimum absolute atomic E-state index is 0. The van der Waals surface area contributed by atoms with E-state index >= 15 is 0 Å². The SMILES string of the molecule is CN1CCC(O)C(C(O)CC/C=C/[123I])C1.[Ac].[Ac]. The summed E-state index contributed by atoms with van der Waals surface area (Å²) in [6.45, 7) is 1.73. The average molecular weight is 775 g/mol. The van der Waals surface area contributed by atoms with Crippen LogP contribution < -0.4 is 0 Å². The van der Waals surface area contributed by atoms with Crippen molar-refractivity contribution >= 4 is 22.6 Å². The van der Waals surface area contributed by atoms with Gasteiger partial charge in [0.1, 0.15) is 0 Å². The van der Waals surface area contributed by atoms with Crippen LogP contribution in [0.25, 0.3) is 0 Å². The van der Waals surface area contributed by atoms with Gasteiger partial charge in [-0.15, -0.1) is 0 Å². The van der Waals surface area contributed by atoms with Crippen LogP contribution in [0.5, 0.6) is 0 Å². The minimum atomic E-state index is -0.379. The first-order valence-electron chi connectivity index (χ1n) is 5.45. The Bertz CT molecular complexity index is 220. The summed E-state index contributed by atoms with van der Waals surface area (Å²) in [5.41, 5.74) is 0. The van der Waals surface area contributed by atoms with Gasteiger partial charge in [0.2, 0.25) is 0 Å². The number of allylic oxidation sites excluding steroid dienone is 1. The van der Waals surface area contributed by atoms with Gasteiger partial charge in [-0.25, -0.2) is 0 Å². The van der Waals surface area contributed by atoms with E-state index in [4.69, 9.17) is 0 Å². The maximum Gasteiger partial charge on any atom is 0.0617 e. The molecule has 0 aliphatic carbocycles. The maximum atomic E-state index is 9.97. The largest absolute Gasteiger partial charge is 0.393 e. The van der Waals surface area contributed by atoms with E-state index < -0.39 is 0 Å². The Morgan fingerprint density at radius 3 is 2.71 bits per heavy atom. The second kappa shape index (κ2) is 12.9. The minimum Gasteiger partial charge on any atom is -0.393 e. The molecule has 1 fully saturated rings. The fraction of sp³-hybridized carbons (Fsp3) is 0.818. The van der Waals surface area contributed by atoms with Gasteiger partial charge < -0.3 is 15.1 Å². The third kappa shape index (κ3) is 8.97. The maximum absolute atomic E-state index is 9.97. The third-order valence-electron chi connectivity index (χ3n) is 3.04. The van der Waals surface area contributed by atoms with E-state index in [9.17, 15) is 10.2 Å². The van der Waals surface area contributed by atoms with Gasteiger partial charge >= 0.3 is 0 Å². The summed E-state index contributed by atoms with van der Waals surface area (Å²) < 4.78 is 1.97. The molecule has 1 aliphatic heterocycles. The Morgan fingerprint density at radius 1 is 1.47 bits per heavy atom. The van der Waals surface area contributed by atoms with Crippen LogP contribution in [0.15, 0.2) is 10.2 Å². The molecular weight excluding hydrogens is 755 g/mol. The van der Waals surface area contributed by atoms with Crippen LogP contribution in [0.4, 0.5) is 0 Å². The first-order valence-corrected chi connectivity index (χ1v) is 6.69. The van der Waals surface area contributed by atoms with Crippen molar-refractivity contribution in [2.45, 2.75) is 31.5 Å². The Morgan fingerprint density at radius 2 is 2.12 bits per heavy atom. The molecular formula is C11H20Ac2INO2. The van der Waals surface area contributed by atoms with Crippen LogP contribution in [0.1, 0.15) is 19.3 Å². The van der Waals surface area contributed by atoms with E-state index in [0.29, 0.717) is 0 Å². The second-order valence-corrected chi connectivity index (χ2v) is 5.01.